The minimum absolute atomic E-state index is 0.227. The van der Waals surface area contributed by atoms with Crippen LogP contribution in [0, 0.1) is 17.8 Å². The maximum absolute atomic E-state index is 12.7. The minimum atomic E-state index is 0.227. The molecule has 1 aliphatic heterocycles. The Morgan fingerprint density at radius 1 is 1.25 bits per heavy atom. The lowest BCUT2D eigenvalue weighted by Crippen LogP contribution is -2.39. The van der Waals surface area contributed by atoms with Gasteiger partial charge in [0, 0.05) is 18.9 Å². The third-order valence-corrected chi connectivity index (χ3v) is 5.37. The summed E-state index contributed by atoms with van der Waals surface area (Å²) in [5, 5.41) is 3.96. The SMILES string of the molecule is Nc1onc2c1CN(C(=O)C1CCC3CC3CC1)CC2. The molecule has 0 saturated heterocycles. The Kier molecular flexibility index (Phi) is 2.75. The monoisotopic (exact) mass is 275 g/mol. The van der Waals surface area contributed by atoms with Crippen molar-refractivity contribution in [1.82, 2.24) is 10.1 Å². The van der Waals surface area contributed by atoms with E-state index in [9.17, 15) is 4.79 Å². The maximum atomic E-state index is 12.7. The van der Waals surface area contributed by atoms with Crippen LogP contribution in [0.25, 0.3) is 0 Å². The van der Waals surface area contributed by atoms with Crippen molar-refractivity contribution in [3.63, 3.8) is 0 Å². The summed E-state index contributed by atoms with van der Waals surface area (Å²) in [6, 6.07) is 0. The second-order valence-corrected chi connectivity index (χ2v) is 6.59. The average molecular weight is 275 g/mol. The van der Waals surface area contributed by atoms with Crippen LogP contribution in [0.5, 0.6) is 0 Å². The van der Waals surface area contributed by atoms with E-state index in [0.717, 1.165) is 48.9 Å². The lowest BCUT2D eigenvalue weighted by atomic mass is 9.95. The van der Waals surface area contributed by atoms with Crippen molar-refractivity contribution in [3.05, 3.63) is 11.3 Å². The van der Waals surface area contributed by atoms with Gasteiger partial charge in [0.2, 0.25) is 11.8 Å². The zero-order valence-electron chi connectivity index (χ0n) is 11.7. The Morgan fingerprint density at radius 3 is 2.75 bits per heavy atom. The molecular weight excluding hydrogens is 254 g/mol. The molecule has 20 heavy (non-hydrogen) atoms. The Labute approximate surface area is 118 Å². The number of nitrogen functional groups attached to an aromatic ring is 1. The van der Waals surface area contributed by atoms with E-state index in [4.69, 9.17) is 10.3 Å². The molecular formula is C15H21N3O2. The van der Waals surface area contributed by atoms with Crippen molar-refractivity contribution >= 4 is 11.8 Å². The molecule has 2 atom stereocenters. The summed E-state index contributed by atoms with van der Waals surface area (Å²) in [6.45, 7) is 1.33. The first kappa shape index (κ1) is 12.2. The standard InChI is InChI=1S/C15H21N3O2/c16-14-12-8-18(6-5-13(12)17-20-14)15(19)9-1-3-10-7-11(10)4-2-9/h9-11H,1-8,16H2. The molecule has 2 heterocycles. The van der Waals surface area contributed by atoms with E-state index in [2.05, 4.69) is 5.16 Å². The summed E-state index contributed by atoms with van der Waals surface area (Å²) < 4.78 is 5.02. The van der Waals surface area contributed by atoms with Gasteiger partial charge in [-0.3, -0.25) is 4.79 Å². The van der Waals surface area contributed by atoms with E-state index >= 15 is 0 Å². The summed E-state index contributed by atoms with van der Waals surface area (Å²) >= 11 is 0. The van der Waals surface area contributed by atoms with E-state index in [0.29, 0.717) is 18.3 Å². The zero-order chi connectivity index (χ0) is 13.7. The number of fused-ring (bicyclic) bond motifs is 2. The second kappa shape index (κ2) is 4.50. The average Bonchev–Trinajstić information content (AvgIpc) is 3.15. The van der Waals surface area contributed by atoms with Gasteiger partial charge < -0.3 is 15.2 Å². The van der Waals surface area contributed by atoms with Crippen LogP contribution >= 0.6 is 0 Å². The first-order chi connectivity index (χ1) is 9.72. The third-order valence-electron chi connectivity index (χ3n) is 5.37. The van der Waals surface area contributed by atoms with Crippen LogP contribution in [-0.2, 0) is 17.8 Å². The van der Waals surface area contributed by atoms with Crippen LogP contribution in [0.2, 0.25) is 0 Å². The van der Waals surface area contributed by atoms with E-state index in [1.165, 1.54) is 19.3 Å². The Hall–Kier alpha value is -1.52. The zero-order valence-corrected chi connectivity index (χ0v) is 11.7. The molecule has 0 bridgehead atoms. The van der Waals surface area contributed by atoms with Gasteiger partial charge in [0.15, 0.2) is 0 Å². The topological polar surface area (TPSA) is 72.4 Å². The molecule has 5 nitrogen and oxygen atoms in total. The fourth-order valence-corrected chi connectivity index (χ4v) is 3.92. The summed E-state index contributed by atoms with van der Waals surface area (Å²) in [5.74, 6) is 2.77. The van der Waals surface area contributed by atoms with E-state index < -0.39 is 0 Å². The highest BCUT2D eigenvalue weighted by Crippen LogP contribution is 2.49. The normalized spacial score (nSPS) is 32.2. The van der Waals surface area contributed by atoms with Crippen molar-refractivity contribution in [2.45, 2.75) is 45.1 Å². The van der Waals surface area contributed by atoms with Gasteiger partial charge in [0.25, 0.3) is 0 Å². The van der Waals surface area contributed by atoms with Crippen LogP contribution in [0.3, 0.4) is 0 Å². The summed E-state index contributed by atoms with van der Waals surface area (Å²) in [6.07, 6.45) is 6.81. The lowest BCUT2D eigenvalue weighted by Gasteiger charge is -2.29. The predicted molar refractivity (Wildman–Crippen MR) is 73.6 cm³/mol. The quantitative estimate of drug-likeness (QED) is 0.850. The van der Waals surface area contributed by atoms with Crippen LogP contribution in [0.15, 0.2) is 4.52 Å². The number of rotatable bonds is 1. The van der Waals surface area contributed by atoms with Gasteiger partial charge in [-0.15, -0.1) is 0 Å². The molecule has 1 aromatic rings. The molecule has 2 aliphatic carbocycles. The minimum Gasteiger partial charge on any atom is -0.367 e. The highest BCUT2D eigenvalue weighted by Gasteiger charge is 2.41. The van der Waals surface area contributed by atoms with E-state index in [1.807, 2.05) is 4.90 Å². The van der Waals surface area contributed by atoms with Crippen molar-refractivity contribution < 1.29 is 9.32 Å². The molecule has 0 aromatic carbocycles. The van der Waals surface area contributed by atoms with Crippen molar-refractivity contribution in [1.29, 1.82) is 0 Å². The predicted octanol–water partition coefficient (Wildman–Crippen LogP) is 1.97. The van der Waals surface area contributed by atoms with Gasteiger partial charge in [-0.2, -0.15) is 0 Å². The van der Waals surface area contributed by atoms with Crippen molar-refractivity contribution in [2.24, 2.45) is 17.8 Å². The number of nitrogens with zero attached hydrogens (tertiary/aromatic N) is 2. The number of nitrogens with two attached hydrogens (primary N) is 1. The van der Waals surface area contributed by atoms with Crippen molar-refractivity contribution in [2.75, 3.05) is 12.3 Å². The fourth-order valence-electron chi connectivity index (χ4n) is 3.92. The highest BCUT2D eigenvalue weighted by molar-refractivity contribution is 5.79. The van der Waals surface area contributed by atoms with Crippen LogP contribution in [0.1, 0.15) is 43.4 Å². The fraction of sp³-hybridized carbons (Fsp3) is 0.733. The summed E-state index contributed by atoms with van der Waals surface area (Å²) in [4.78, 5) is 14.7. The van der Waals surface area contributed by atoms with Gasteiger partial charge in [0.05, 0.1) is 17.8 Å². The number of carbonyl (C=O) groups excluding carboxylic acids is 1. The molecule has 0 radical (unpaired) electrons. The molecule has 1 amide bonds. The summed E-state index contributed by atoms with van der Waals surface area (Å²) in [7, 11) is 0. The first-order valence-electron chi connectivity index (χ1n) is 7.74. The van der Waals surface area contributed by atoms with Gasteiger partial charge in [0.1, 0.15) is 0 Å². The first-order valence-corrected chi connectivity index (χ1v) is 7.74. The molecule has 2 N–H and O–H groups in total. The number of carbonyl (C=O) groups is 1. The molecule has 2 unspecified atom stereocenters. The van der Waals surface area contributed by atoms with E-state index in [-0.39, 0.29) is 5.92 Å². The molecule has 2 fully saturated rings. The number of anilines is 1. The molecule has 5 heteroatoms. The highest BCUT2D eigenvalue weighted by atomic mass is 16.5. The largest absolute Gasteiger partial charge is 0.367 e. The molecule has 0 spiro atoms. The molecule has 2 saturated carbocycles. The number of amides is 1. The lowest BCUT2D eigenvalue weighted by molar-refractivity contribution is -0.137. The molecule has 1 aromatic heterocycles. The van der Waals surface area contributed by atoms with Gasteiger partial charge in [-0.05, 0) is 43.9 Å². The van der Waals surface area contributed by atoms with Gasteiger partial charge in [-0.1, -0.05) is 5.16 Å². The van der Waals surface area contributed by atoms with Gasteiger partial charge in [-0.25, -0.2) is 0 Å². The second-order valence-electron chi connectivity index (χ2n) is 6.59. The molecule has 4 rings (SSSR count). The summed E-state index contributed by atoms with van der Waals surface area (Å²) in [5.41, 5.74) is 7.63. The van der Waals surface area contributed by atoms with Crippen LogP contribution in [-0.4, -0.2) is 22.5 Å². The van der Waals surface area contributed by atoms with E-state index in [1.54, 1.807) is 0 Å². The third kappa shape index (κ3) is 2.00. The van der Waals surface area contributed by atoms with Crippen molar-refractivity contribution in [3.8, 4) is 0 Å². The van der Waals surface area contributed by atoms with Crippen LogP contribution < -0.4 is 5.73 Å². The smallest absolute Gasteiger partial charge is 0.227 e. The number of hydrogen-bond donors (Lipinski definition) is 1. The number of hydrogen-bond acceptors (Lipinski definition) is 4. The Bertz CT molecular complexity index is 527. The molecule has 3 aliphatic rings. The molecule has 108 valence electrons. The van der Waals surface area contributed by atoms with Crippen LogP contribution in [0.4, 0.5) is 5.88 Å². The number of aromatic nitrogens is 1. The Balaban J connectivity index is 1.45. The maximum Gasteiger partial charge on any atom is 0.227 e. The Morgan fingerprint density at radius 2 is 2.00 bits per heavy atom. The van der Waals surface area contributed by atoms with Gasteiger partial charge >= 0.3 is 0 Å².